The molecule has 0 saturated carbocycles. The van der Waals surface area contributed by atoms with Crippen LogP contribution in [0.2, 0.25) is 0 Å². The van der Waals surface area contributed by atoms with E-state index in [2.05, 4.69) is 18.8 Å². The smallest absolute Gasteiger partial charge is 0.165 e. The topological polar surface area (TPSA) is 65.9 Å². The Labute approximate surface area is 96.7 Å². The molecule has 2 N–H and O–H groups in total. The number of nitrogens with zero attached hydrogens (tertiary/aromatic N) is 3. The van der Waals surface area contributed by atoms with Crippen molar-refractivity contribution in [3.63, 3.8) is 0 Å². The first kappa shape index (κ1) is 12.3. The zero-order chi connectivity index (χ0) is 12.1. The van der Waals surface area contributed by atoms with Gasteiger partial charge in [-0.3, -0.25) is 0 Å². The van der Waals surface area contributed by atoms with Gasteiger partial charge in [0.25, 0.3) is 0 Å². The number of nitrogens with two attached hydrogens (primary N) is 1. The van der Waals surface area contributed by atoms with E-state index in [1.807, 2.05) is 24.1 Å². The molecule has 0 aliphatic heterocycles. The van der Waals surface area contributed by atoms with E-state index in [-0.39, 0.29) is 0 Å². The molecule has 16 heavy (non-hydrogen) atoms. The number of nitrogen functional groups attached to an aromatic ring is 1. The summed E-state index contributed by atoms with van der Waals surface area (Å²) < 4.78 is 0. The van der Waals surface area contributed by atoms with Gasteiger partial charge in [0.2, 0.25) is 0 Å². The molecule has 4 nitrogen and oxygen atoms in total. The molecule has 0 aromatic carbocycles. The maximum absolute atomic E-state index is 8.83. The van der Waals surface area contributed by atoms with Crippen LogP contribution in [0.1, 0.15) is 26.0 Å². The fourth-order valence-electron chi connectivity index (χ4n) is 1.33. The summed E-state index contributed by atoms with van der Waals surface area (Å²) in [6, 6.07) is 5.57. The van der Waals surface area contributed by atoms with E-state index in [1.54, 1.807) is 6.07 Å². The Kier molecular flexibility index (Phi) is 4.12. The Morgan fingerprint density at radius 1 is 1.50 bits per heavy atom. The second-order valence-electron chi connectivity index (χ2n) is 4.32. The molecule has 4 heteroatoms. The Morgan fingerprint density at radius 2 is 2.19 bits per heavy atom. The zero-order valence-corrected chi connectivity index (χ0v) is 10.1. The number of pyridine rings is 1. The van der Waals surface area contributed by atoms with Crippen molar-refractivity contribution in [3.05, 3.63) is 17.8 Å². The van der Waals surface area contributed by atoms with E-state index in [0.29, 0.717) is 17.3 Å². The number of anilines is 2. The molecule has 0 radical (unpaired) electrons. The normalized spacial score (nSPS) is 10.2. The molecule has 1 aromatic heterocycles. The van der Waals surface area contributed by atoms with Crippen molar-refractivity contribution in [3.8, 4) is 6.07 Å². The first-order valence-electron chi connectivity index (χ1n) is 5.42. The molecule has 1 aromatic rings. The van der Waals surface area contributed by atoms with Crippen molar-refractivity contribution >= 4 is 11.5 Å². The highest BCUT2D eigenvalue weighted by Gasteiger charge is 2.06. The van der Waals surface area contributed by atoms with E-state index in [4.69, 9.17) is 11.0 Å². The van der Waals surface area contributed by atoms with E-state index >= 15 is 0 Å². The SMILES string of the molecule is CC(C)CCN(C)c1ccc(N)c(C#N)n1. The summed E-state index contributed by atoms with van der Waals surface area (Å²) in [5.41, 5.74) is 6.35. The van der Waals surface area contributed by atoms with Crippen LogP contribution in [0.4, 0.5) is 11.5 Å². The van der Waals surface area contributed by atoms with Gasteiger partial charge in [0.15, 0.2) is 5.69 Å². The van der Waals surface area contributed by atoms with Gasteiger partial charge in [-0.25, -0.2) is 4.98 Å². The fourth-order valence-corrected chi connectivity index (χ4v) is 1.33. The van der Waals surface area contributed by atoms with Gasteiger partial charge in [0, 0.05) is 13.6 Å². The van der Waals surface area contributed by atoms with Crippen molar-refractivity contribution < 1.29 is 0 Å². The molecule has 0 spiro atoms. The minimum absolute atomic E-state index is 0.300. The van der Waals surface area contributed by atoms with Crippen LogP contribution in [-0.4, -0.2) is 18.6 Å². The van der Waals surface area contributed by atoms with Crippen LogP contribution < -0.4 is 10.6 Å². The van der Waals surface area contributed by atoms with Crippen molar-refractivity contribution in [2.45, 2.75) is 20.3 Å². The highest BCUT2D eigenvalue weighted by atomic mass is 15.2. The van der Waals surface area contributed by atoms with Gasteiger partial charge in [0.1, 0.15) is 11.9 Å². The Bertz CT molecular complexity index is 392. The van der Waals surface area contributed by atoms with Gasteiger partial charge < -0.3 is 10.6 Å². The molecule has 0 amide bonds. The van der Waals surface area contributed by atoms with Crippen molar-refractivity contribution in [1.82, 2.24) is 4.98 Å². The molecule has 0 atom stereocenters. The Hall–Kier alpha value is -1.76. The van der Waals surface area contributed by atoms with Crippen LogP contribution in [0.3, 0.4) is 0 Å². The molecule has 0 fully saturated rings. The lowest BCUT2D eigenvalue weighted by atomic mass is 10.1. The Balaban J connectivity index is 2.77. The lowest BCUT2D eigenvalue weighted by molar-refractivity contribution is 0.583. The van der Waals surface area contributed by atoms with Gasteiger partial charge in [-0.05, 0) is 24.5 Å². The van der Waals surface area contributed by atoms with Crippen LogP contribution in [0.5, 0.6) is 0 Å². The quantitative estimate of drug-likeness (QED) is 0.839. The summed E-state index contributed by atoms with van der Waals surface area (Å²) in [6.45, 7) is 5.30. The van der Waals surface area contributed by atoms with Crippen LogP contribution in [0.15, 0.2) is 12.1 Å². The number of aromatic nitrogens is 1. The summed E-state index contributed by atoms with van der Waals surface area (Å²) in [5, 5.41) is 8.83. The number of nitriles is 1. The largest absolute Gasteiger partial charge is 0.396 e. The molecule has 0 aliphatic carbocycles. The maximum Gasteiger partial charge on any atom is 0.165 e. The standard InChI is InChI=1S/C12H18N4/c1-9(2)6-7-16(3)12-5-4-10(14)11(8-13)15-12/h4-5,9H,6-7,14H2,1-3H3. The van der Waals surface area contributed by atoms with Crippen molar-refractivity contribution in [2.24, 2.45) is 5.92 Å². The monoisotopic (exact) mass is 218 g/mol. The summed E-state index contributed by atoms with van der Waals surface area (Å²) >= 11 is 0. The number of rotatable bonds is 4. The number of hydrogen-bond donors (Lipinski definition) is 1. The maximum atomic E-state index is 8.83. The lowest BCUT2D eigenvalue weighted by Crippen LogP contribution is -2.21. The second kappa shape index (κ2) is 5.36. The van der Waals surface area contributed by atoms with E-state index in [9.17, 15) is 0 Å². The summed E-state index contributed by atoms with van der Waals surface area (Å²) in [6.07, 6.45) is 1.10. The zero-order valence-electron chi connectivity index (χ0n) is 10.1. The van der Waals surface area contributed by atoms with Gasteiger partial charge in [-0.15, -0.1) is 0 Å². The molecule has 1 heterocycles. The average Bonchev–Trinajstić information content (AvgIpc) is 2.26. The summed E-state index contributed by atoms with van der Waals surface area (Å²) in [5.74, 6) is 1.46. The molecule has 1 rings (SSSR count). The third-order valence-corrected chi connectivity index (χ3v) is 2.45. The lowest BCUT2D eigenvalue weighted by Gasteiger charge is -2.19. The minimum atomic E-state index is 0.300. The van der Waals surface area contributed by atoms with Gasteiger partial charge in [-0.2, -0.15) is 5.26 Å². The third kappa shape index (κ3) is 3.13. The highest BCUT2D eigenvalue weighted by molar-refractivity contribution is 5.55. The molecule has 0 bridgehead atoms. The van der Waals surface area contributed by atoms with Crippen LogP contribution >= 0.6 is 0 Å². The fraction of sp³-hybridized carbons (Fsp3) is 0.500. The van der Waals surface area contributed by atoms with Crippen LogP contribution in [0, 0.1) is 17.2 Å². The van der Waals surface area contributed by atoms with E-state index < -0.39 is 0 Å². The summed E-state index contributed by atoms with van der Waals surface area (Å²) in [4.78, 5) is 6.25. The van der Waals surface area contributed by atoms with Crippen molar-refractivity contribution in [1.29, 1.82) is 5.26 Å². The van der Waals surface area contributed by atoms with E-state index in [1.165, 1.54) is 0 Å². The van der Waals surface area contributed by atoms with Gasteiger partial charge in [-0.1, -0.05) is 13.8 Å². The molecule has 0 unspecified atom stereocenters. The highest BCUT2D eigenvalue weighted by Crippen LogP contribution is 2.16. The second-order valence-corrected chi connectivity index (χ2v) is 4.32. The average molecular weight is 218 g/mol. The first-order chi connectivity index (χ1) is 7.54. The van der Waals surface area contributed by atoms with Crippen molar-refractivity contribution in [2.75, 3.05) is 24.2 Å². The molecular weight excluding hydrogens is 200 g/mol. The van der Waals surface area contributed by atoms with Crippen LogP contribution in [-0.2, 0) is 0 Å². The van der Waals surface area contributed by atoms with Gasteiger partial charge >= 0.3 is 0 Å². The Morgan fingerprint density at radius 3 is 2.75 bits per heavy atom. The van der Waals surface area contributed by atoms with Gasteiger partial charge in [0.05, 0.1) is 5.69 Å². The minimum Gasteiger partial charge on any atom is -0.396 e. The molecule has 0 saturated heterocycles. The molecule has 86 valence electrons. The first-order valence-corrected chi connectivity index (χ1v) is 5.42. The predicted octanol–water partition coefficient (Wildman–Crippen LogP) is 2.02. The van der Waals surface area contributed by atoms with E-state index in [0.717, 1.165) is 18.8 Å². The number of hydrogen-bond acceptors (Lipinski definition) is 4. The molecular formula is C12H18N4. The molecule has 0 aliphatic rings. The third-order valence-electron chi connectivity index (χ3n) is 2.45. The predicted molar refractivity (Wildman–Crippen MR) is 66.1 cm³/mol. The summed E-state index contributed by atoms with van der Waals surface area (Å²) in [7, 11) is 1.97. The van der Waals surface area contributed by atoms with Crippen LogP contribution in [0.25, 0.3) is 0 Å².